The van der Waals surface area contributed by atoms with Gasteiger partial charge in [-0.3, -0.25) is 4.79 Å². The molecule has 0 aromatic rings. The molecule has 7 heteroatoms. The topological polar surface area (TPSA) is 30.0 Å². The van der Waals surface area contributed by atoms with Crippen molar-refractivity contribution in [1.29, 1.82) is 0 Å². The molecule has 0 aromatic heterocycles. The first-order valence-electron chi connectivity index (χ1n) is 3.05. The van der Waals surface area contributed by atoms with Crippen molar-refractivity contribution in [3.63, 3.8) is 0 Å². The summed E-state index contributed by atoms with van der Waals surface area (Å²) in [6.45, 7) is 0. The second-order valence-corrected chi connectivity index (χ2v) is 5.19. The molecular weight excluding hydrogens is 273 g/mol. The molecule has 0 bridgehead atoms. The van der Waals surface area contributed by atoms with E-state index in [4.69, 9.17) is 34.8 Å². The predicted octanol–water partition coefficient (Wildman–Crippen LogP) is 3.63. The van der Waals surface area contributed by atoms with E-state index in [0.29, 0.717) is 10.6 Å². The monoisotopic (exact) mass is 271 g/mol. The SMILES string of the molecule is O=c1c(Cl)c2ssnc-2c(Cl)c1Cl. The Balaban J connectivity index is 3.02. The number of fused-ring (bicyclic) bond motifs is 1. The Morgan fingerprint density at radius 1 is 1.08 bits per heavy atom. The van der Waals surface area contributed by atoms with E-state index in [1.54, 1.807) is 0 Å². The molecular formula is C6Cl3NOS2. The Labute approximate surface area is 95.6 Å². The maximum Gasteiger partial charge on any atom is 0.218 e. The lowest BCUT2D eigenvalue weighted by atomic mass is 10.2. The number of benzene rings is 1. The van der Waals surface area contributed by atoms with Gasteiger partial charge in [-0.25, -0.2) is 0 Å². The molecule has 1 heterocycles. The van der Waals surface area contributed by atoms with Crippen LogP contribution in [0.4, 0.5) is 0 Å². The molecule has 1 aliphatic heterocycles. The summed E-state index contributed by atoms with van der Waals surface area (Å²) < 4.78 is 4.00. The highest BCUT2D eigenvalue weighted by atomic mass is 35.5. The van der Waals surface area contributed by atoms with Gasteiger partial charge >= 0.3 is 0 Å². The average molecular weight is 273 g/mol. The van der Waals surface area contributed by atoms with Crippen molar-refractivity contribution >= 4 is 55.7 Å². The van der Waals surface area contributed by atoms with Crippen molar-refractivity contribution < 1.29 is 0 Å². The summed E-state index contributed by atoms with van der Waals surface area (Å²) in [6, 6.07) is 0. The van der Waals surface area contributed by atoms with Gasteiger partial charge in [0.2, 0.25) is 5.43 Å². The molecule has 0 unspecified atom stereocenters. The van der Waals surface area contributed by atoms with E-state index in [1.165, 1.54) is 20.9 Å². The molecule has 68 valence electrons. The zero-order chi connectivity index (χ0) is 9.59. The molecule has 2 aliphatic rings. The molecule has 2 nitrogen and oxygen atoms in total. The third kappa shape index (κ3) is 1.37. The maximum absolute atomic E-state index is 11.3. The van der Waals surface area contributed by atoms with Gasteiger partial charge in [0.1, 0.15) is 15.7 Å². The molecule has 0 fully saturated rings. The minimum atomic E-state index is -0.433. The highest BCUT2D eigenvalue weighted by Gasteiger charge is 2.21. The van der Waals surface area contributed by atoms with Crippen molar-refractivity contribution in [2.24, 2.45) is 0 Å². The van der Waals surface area contributed by atoms with Crippen LogP contribution in [0.1, 0.15) is 0 Å². The molecule has 13 heavy (non-hydrogen) atoms. The third-order valence-corrected chi connectivity index (χ3v) is 4.60. The fourth-order valence-electron chi connectivity index (χ4n) is 0.857. The molecule has 0 aromatic carbocycles. The number of rotatable bonds is 0. The summed E-state index contributed by atoms with van der Waals surface area (Å²) in [7, 11) is 2.53. The van der Waals surface area contributed by atoms with Gasteiger partial charge in [0.15, 0.2) is 0 Å². The molecule has 1 aliphatic carbocycles. The Kier molecular flexibility index (Phi) is 2.51. The Hall–Kier alpha value is 0.130. The van der Waals surface area contributed by atoms with Crippen LogP contribution in [0.15, 0.2) is 4.79 Å². The predicted molar refractivity (Wildman–Crippen MR) is 57.9 cm³/mol. The molecule has 2 rings (SSSR count). The van der Waals surface area contributed by atoms with Crippen LogP contribution in [0.2, 0.25) is 15.1 Å². The van der Waals surface area contributed by atoms with Gasteiger partial charge in [0, 0.05) is 10.5 Å². The second-order valence-electron chi connectivity index (χ2n) is 2.20. The molecule has 0 N–H and O–H groups in total. The number of nitrogens with zero attached hydrogens (tertiary/aromatic N) is 1. The van der Waals surface area contributed by atoms with Gasteiger partial charge in [-0.15, -0.1) is 0 Å². The Morgan fingerprint density at radius 3 is 2.46 bits per heavy atom. The van der Waals surface area contributed by atoms with Crippen molar-refractivity contribution in [3.8, 4) is 10.6 Å². The van der Waals surface area contributed by atoms with E-state index in [-0.39, 0.29) is 15.1 Å². The van der Waals surface area contributed by atoms with Gasteiger partial charge in [-0.2, -0.15) is 4.37 Å². The van der Waals surface area contributed by atoms with Crippen LogP contribution < -0.4 is 5.43 Å². The highest BCUT2D eigenvalue weighted by Crippen LogP contribution is 2.40. The first-order valence-corrected chi connectivity index (χ1v) is 6.29. The smallest absolute Gasteiger partial charge is 0.218 e. The van der Waals surface area contributed by atoms with Crippen LogP contribution in [0, 0.1) is 0 Å². The highest BCUT2D eigenvalue weighted by molar-refractivity contribution is 7.68. The normalized spacial score (nSPS) is 11.0. The Morgan fingerprint density at radius 2 is 1.77 bits per heavy atom. The van der Waals surface area contributed by atoms with E-state index in [1.807, 2.05) is 0 Å². The summed E-state index contributed by atoms with van der Waals surface area (Å²) in [4.78, 5) is 11.9. The van der Waals surface area contributed by atoms with E-state index in [0.717, 1.165) is 0 Å². The van der Waals surface area contributed by atoms with Crippen LogP contribution in [0.25, 0.3) is 10.6 Å². The van der Waals surface area contributed by atoms with E-state index >= 15 is 0 Å². The number of hydrogen-bond acceptors (Lipinski definition) is 4. The fourth-order valence-corrected chi connectivity index (χ4v) is 3.72. The van der Waals surface area contributed by atoms with E-state index in [2.05, 4.69) is 4.37 Å². The van der Waals surface area contributed by atoms with Crippen LogP contribution in [-0.2, 0) is 0 Å². The average Bonchev–Trinajstić information content (AvgIpc) is 2.59. The van der Waals surface area contributed by atoms with Crippen molar-refractivity contribution in [2.75, 3.05) is 0 Å². The largest absolute Gasteiger partial charge is 0.286 e. The fraction of sp³-hybridized carbons (Fsp3) is 0. The lowest BCUT2D eigenvalue weighted by molar-refractivity contribution is 1.49. The lowest BCUT2D eigenvalue weighted by Crippen LogP contribution is -2.04. The van der Waals surface area contributed by atoms with Gasteiger partial charge in [-0.05, 0) is 0 Å². The quantitative estimate of drug-likeness (QED) is 0.541. The van der Waals surface area contributed by atoms with E-state index < -0.39 is 5.43 Å². The van der Waals surface area contributed by atoms with Gasteiger partial charge in [0.05, 0.1) is 9.90 Å². The summed E-state index contributed by atoms with van der Waals surface area (Å²) >= 11 is 17.2. The summed E-state index contributed by atoms with van der Waals surface area (Å²) in [6.07, 6.45) is 0. The minimum Gasteiger partial charge on any atom is -0.286 e. The van der Waals surface area contributed by atoms with E-state index in [9.17, 15) is 4.79 Å². The summed E-state index contributed by atoms with van der Waals surface area (Å²) in [5, 5.41) is 0.226. The number of aromatic nitrogens is 1. The van der Waals surface area contributed by atoms with Crippen LogP contribution in [-0.4, -0.2) is 4.37 Å². The molecule has 0 radical (unpaired) electrons. The second kappa shape index (κ2) is 3.37. The van der Waals surface area contributed by atoms with Crippen molar-refractivity contribution in [1.82, 2.24) is 4.37 Å². The summed E-state index contributed by atoms with van der Waals surface area (Å²) in [5.74, 6) is 0. The molecule has 0 atom stereocenters. The van der Waals surface area contributed by atoms with Crippen LogP contribution in [0.5, 0.6) is 0 Å². The first kappa shape index (κ1) is 9.68. The van der Waals surface area contributed by atoms with Crippen molar-refractivity contribution in [2.45, 2.75) is 0 Å². The minimum absolute atomic E-state index is 0.0581. The third-order valence-electron chi connectivity index (χ3n) is 1.46. The van der Waals surface area contributed by atoms with Crippen LogP contribution in [0.3, 0.4) is 0 Å². The zero-order valence-electron chi connectivity index (χ0n) is 5.81. The first-order chi connectivity index (χ1) is 6.13. The van der Waals surface area contributed by atoms with Crippen molar-refractivity contribution in [3.05, 3.63) is 25.3 Å². The molecule has 0 amide bonds. The zero-order valence-corrected chi connectivity index (χ0v) is 9.71. The lowest BCUT2D eigenvalue weighted by Gasteiger charge is -2.01. The maximum atomic E-state index is 11.3. The van der Waals surface area contributed by atoms with Gasteiger partial charge in [0.25, 0.3) is 0 Å². The molecule has 0 saturated carbocycles. The van der Waals surface area contributed by atoms with Gasteiger partial charge in [-0.1, -0.05) is 45.1 Å². The summed E-state index contributed by atoms with van der Waals surface area (Å²) in [5.41, 5.74) is 0.0727. The van der Waals surface area contributed by atoms with Gasteiger partial charge < -0.3 is 0 Å². The number of halogens is 3. The molecule has 0 saturated heterocycles. The number of hydrogen-bond donors (Lipinski definition) is 0. The molecule has 0 spiro atoms. The standard InChI is InChI=1S/C6Cl3NOS2/c7-1-2(8)5(11)3(9)6-4(1)10-13-12-6. The Bertz CT molecular complexity index is 492. The van der Waals surface area contributed by atoms with Crippen LogP contribution >= 0.6 is 55.7 Å².